The number of hydrogen-bond donors (Lipinski definition) is 2. The molecule has 1 amide bonds. The predicted molar refractivity (Wildman–Crippen MR) is 58.6 cm³/mol. The Bertz CT molecular complexity index is 178. The molecule has 0 aliphatic carbocycles. The first-order valence-corrected chi connectivity index (χ1v) is 5.12. The van der Waals surface area contributed by atoms with Gasteiger partial charge in [-0.25, -0.2) is 0 Å². The monoisotopic (exact) mass is 218 g/mol. The maximum absolute atomic E-state index is 11.3. The van der Waals surface area contributed by atoms with Gasteiger partial charge in [0.2, 0.25) is 5.91 Å². The lowest BCUT2D eigenvalue weighted by Gasteiger charge is -2.20. The third-order valence-electron chi connectivity index (χ3n) is 1.38. The van der Waals surface area contributed by atoms with Crippen molar-refractivity contribution in [3.05, 3.63) is 0 Å². The van der Waals surface area contributed by atoms with Gasteiger partial charge in [0.25, 0.3) is 0 Å². The molecule has 5 nitrogen and oxygen atoms in total. The molecular formula is C10H22N2O3. The molecule has 0 aliphatic heterocycles. The van der Waals surface area contributed by atoms with Gasteiger partial charge in [-0.2, -0.15) is 0 Å². The van der Waals surface area contributed by atoms with Gasteiger partial charge in [0, 0.05) is 12.1 Å². The van der Waals surface area contributed by atoms with Gasteiger partial charge in [-0.3, -0.25) is 4.79 Å². The van der Waals surface area contributed by atoms with Crippen molar-refractivity contribution in [1.29, 1.82) is 0 Å². The third-order valence-corrected chi connectivity index (χ3v) is 1.38. The van der Waals surface area contributed by atoms with Gasteiger partial charge in [-0.1, -0.05) is 0 Å². The molecule has 0 aromatic carbocycles. The molecule has 0 saturated heterocycles. The normalized spacial score (nSPS) is 11.5. The molecule has 0 radical (unpaired) electrons. The van der Waals surface area contributed by atoms with Crippen LogP contribution >= 0.6 is 0 Å². The number of rotatable bonds is 7. The molecule has 0 spiro atoms. The molecule has 0 unspecified atom stereocenters. The van der Waals surface area contributed by atoms with E-state index in [1.54, 1.807) is 0 Å². The second-order valence-electron chi connectivity index (χ2n) is 4.25. The van der Waals surface area contributed by atoms with Crippen LogP contribution in [0.15, 0.2) is 0 Å². The molecule has 0 fully saturated rings. The summed E-state index contributed by atoms with van der Waals surface area (Å²) < 4.78 is 10.2. The molecule has 3 N–H and O–H groups in total. The lowest BCUT2D eigenvalue weighted by molar-refractivity contribution is -0.127. The van der Waals surface area contributed by atoms with Crippen LogP contribution in [0, 0.1) is 0 Å². The van der Waals surface area contributed by atoms with Crippen LogP contribution in [-0.4, -0.2) is 44.4 Å². The van der Waals surface area contributed by atoms with E-state index < -0.39 is 0 Å². The summed E-state index contributed by atoms with van der Waals surface area (Å²) >= 11 is 0. The van der Waals surface area contributed by atoms with E-state index >= 15 is 0 Å². The molecule has 0 saturated carbocycles. The molecular weight excluding hydrogens is 196 g/mol. The molecule has 0 bridgehead atoms. The highest BCUT2D eigenvalue weighted by molar-refractivity contribution is 5.77. The molecule has 5 heteroatoms. The number of hydrogen-bond acceptors (Lipinski definition) is 4. The lowest BCUT2D eigenvalue weighted by atomic mass is 10.1. The summed E-state index contributed by atoms with van der Waals surface area (Å²) in [6, 6.07) is 0. The third kappa shape index (κ3) is 11.3. The SMILES string of the molecule is CC(C)(C)NC(=O)COCCOCCN. The second-order valence-corrected chi connectivity index (χ2v) is 4.25. The number of carbonyl (C=O) groups excluding carboxylic acids is 1. The summed E-state index contributed by atoms with van der Waals surface area (Å²) in [4.78, 5) is 11.3. The van der Waals surface area contributed by atoms with E-state index in [9.17, 15) is 4.79 Å². The zero-order valence-electron chi connectivity index (χ0n) is 9.84. The van der Waals surface area contributed by atoms with Gasteiger partial charge in [0.05, 0.1) is 19.8 Å². The summed E-state index contributed by atoms with van der Waals surface area (Å²) in [5.41, 5.74) is 5.02. The van der Waals surface area contributed by atoms with E-state index in [1.165, 1.54) is 0 Å². The minimum Gasteiger partial charge on any atom is -0.378 e. The first-order chi connectivity index (χ1) is 6.95. The van der Waals surface area contributed by atoms with Crippen LogP contribution < -0.4 is 11.1 Å². The fourth-order valence-electron chi connectivity index (χ4n) is 0.922. The maximum Gasteiger partial charge on any atom is 0.246 e. The average molecular weight is 218 g/mol. The minimum atomic E-state index is -0.212. The van der Waals surface area contributed by atoms with E-state index in [0.717, 1.165) is 0 Å². The van der Waals surface area contributed by atoms with Gasteiger partial charge < -0.3 is 20.5 Å². The van der Waals surface area contributed by atoms with Crippen molar-refractivity contribution < 1.29 is 14.3 Å². The zero-order valence-corrected chi connectivity index (χ0v) is 9.84. The summed E-state index contributed by atoms with van der Waals surface area (Å²) in [7, 11) is 0. The Kier molecular flexibility index (Phi) is 7.29. The Labute approximate surface area is 91.3 Å². The van der Waals surface area contributed by atoms with E-state index in [0.29, 0.717) is 26.4 Å². The van der Waals surface area contributed by atoms with Crippen LogP contribution in [-0.2, 0) is 14.3 Å². The molecule has 90 valence electrons. The quantitative estimate of drug-likeness (QED) is 0.585. The van der Waals surface area contributed by atoms with E-state index in [-0.39, 0.29) is 18.1 Å². The Hall–Kier alpha value is -0.650. The molecule has 0 aromatic heterocycles. The molecule has 0 aromatic rings. The van der Waals surface area contributed by atoms with Gasteiger partial charge in [-0.05, 0) is 20.8 Å². The maximum atomic E-state index is 11.3. The fourth-order valence-corrected chi connectivity index (χ4v) is 0.922. The summed E-state index contributed by atoms with van der Waals surface area (Å²) in [5, 5.41) is 2.80. The highest BCUT2D eigenvalue weighted by Crippen LogP contribution is 1.97. The van der Waals surface area contributed by atoms with Crippen LogP contribution in [0.5, 0.6) is 0 Å². The van der Waals surface area contributed by atoms with Crippen LogP contribution in [0.2, 0.25) is 0 Å². The van der Waals surface area contributed by atoms with Gasteiger partial charge in [-0.15, -0.1) is 0 Å². The Morgan fingerprint density at radius 2 is 1.80 bits per heavy atom. The van der Waals surface area contributed by atoms with Crippen molar-refractivity contribution in [1.82, 2.24) is 5.32 Å². The van der Waals surface area contributed by atoms with E-state index in [1.807, 2.05) is 20.8 Å². The number of ether oxygens (including phenoxy) is 2. The number of nitrogens with one attached hydrogen (secondary N) is 1. The summed E-state index contributed by atoms with van der Waals surface area (Å²) in [5.74, 6) is -0.110. The largest absolute Gasteiger partial charge is 0.378 e. The van der Waals surface area contributed by atoms with Crippen molar-refractivity contribution in [3.8, 4) is 0 Å². The molecule has 0 heterocycles. The summed E-state index contributed by atoms with van der Waals surface area (Å²) in [6.45, 7) is 7.77. The van der Waals surface area contributed by atoms with Crippen LogP contribution in [0.3, 0.4) is 0 Å². The van der Waals surface area contributed by atoms with Crippen molar-refractivity contribution in [3.63, 3.8) is 0 Å². The fraction of sp³-hybridized carbons (Fsp3) is 0.900. The average Bonchev–Trinajstić information content (AvgIpc) is 2.08. The molecule has 0 aliphatic rings. The molecule has 0 atom stereocenters. The second kappa shape index (κ2) is 7.62. The Balaban J connectivity index is 3.32. The Morgan fingerprint density at radius 3 is 2.33 bits per heavy atom. The van der Waals surface area contributed by atoms with Crippen molar-refractivity contribution in [2.24, 2.45) is 5.73 Å². The summed E-state index contributed by atoms with van der Waals surface area (Å²) in [6.07, 6.45) is 0. The standard InChI is InChI=1S/C10H22N2O3/c1-10(2,3)12-9(13)8-15-7-6-14-5-4-11/h4-8,11H2,1-3H3,(H,12,13). The molecule has 15 heavy (non-hydrogen) atoms. The first kappa shape index (κ1) is 14.3. The molecule has 0 rings (SSSR count). The lowest BCUT2D eigenvalue weighted by Crippen LogP contribution is -2.42. The highest BCUT2D eigenvalue weighted by atomic mass is 16.5. The number of carbonyl (C=O) groups is 1. The van der Waals surface area contributed by atoms with Crippen LogP contribution in [0.25, 0.3) is 0 Å². The van der Waals surface area contributed by atoms with Gasteiger partial charge >= 0.3 is 0 Å². The van der Waals surface area contributed by atoms with Crippen molar-refractivity contribution in [2.75, 3.05) is 33.0 Å². The first-order valence-electron chi connectivity index (χ1n) is 5.12. The van der Waals surface area contributed by atoms with E-state index in [4.69, 9.17) is 15.2 Å². The Morgan fingerprint density at radius 1 is 1.20 bits per heavy atom. The topological polar surface area (TPSA) is 73.6 Å². The number of nitrogens with two attached hydrogens (primary N) is 1. The van der Waals surface area contributed by atoms with Crippen LogP contribution in [0.1, 0.15) is 20.8 Å². The van der Waals surface area contributed by atoms with E-state index in [2.05, 4.69) is 5.32 Å². The van der Waals surface area contributed by atoms with Crippen molar-refractivity contribution >= 4 is 5.91 Å². The van der Waals surface area contributed by atoms with Gasteiger partial charge in [0.1, 0.15) is 6.61 Å². The predicted octanol–water partition coefficient (Wildman–Crippen LogP) is -0.107. The van der Waals surface area contributed by atoms with Crippen LogP contribution in [0.4, 0.5) is 0 Å². The van der Waals surface area contributed by atoms with Gasteiger partial charge in [0.15, 0.2) is 0 Å². The zero-order chi connectivity index (χ0) is 11.7. The highest BCUT2D eigenvalue weighted by Gasteiger charge is 2.13. The minimum absolute atomic E-state index is 0.0727. The van der Waals surface area contributed by atoms with Crippen molar-refractivity contribution in [2.45, 2.75) is 26.3 Å². The smallest absolute Gasteiger partial charge is 0.246 e. The number of amides is 1.